The van der Waals surface area contributed by atoms with Gasteiger partial charge in [0.15, 0.2) is 0 Å². The Hall–Kier alpha value is -3.18. The molecule has 1 heterocycles. The highest BCUT2D eigenvalue weighted by atomic mass is 35.5. The zero-order valence-corrected chi connectivity index (χ0v) is 14.5. The number of halogens is 1. The van der Waals surface area contributed by atoms with Gasteiger partial charge < -0.3 is 10.6 Å². The Balaban J connectivity index is 1.66. The van der Waals surface area contributed by atoms with Gasteiger partial charge >= 0.3 is 0 Å². The standard InChI is InChI=1S/C20H16ClN3O2/c21-17-9-5-4-8-16(17)13-23-19(25)15-10-11-22-18(12-15)24-20(26)14-6-2-1-3-7-14/h1-12H,13H2,(H,23,25)(H,22,24,26). The summed E-state index contributed by atoms with van der Waals surface area (Å²) in [6.07, 6.45) is 1.48. The summed E-state index contributed by atoms with van der Waals surface area (Å²) in [5, 5.41) is 6.09. The van der Waals surface area contributed by atoms with E-state index in [1.54, 1.807) is 36.4 Å². The van der Waals surface area contributed by atoms with Crippen LogP contribution < -0.4 is 10.6 Å². The van der Waals surface area contributed by atoms with E-state index in [0.29, 0.717) is 28.5 Å². The summed E-state index contributed by atoms with van der Waals surface area (Å²) in [5.74, 6) is -0.251. The van der Waals surface area contributed by atoms with Gasteiger partial charge in [-0.25, -0.2) is 4.98 Å². The van der Waals surface area contributed by atoms with Crippen LogP contribution in [-0.4, -0.2) is 16.8 Å². The van der Waals surface area contributed by atoms with E-state index in [0.717, 1.165) is 5.56 Å². The molecule has 2 N–H and O–H groups in total. The molecule has 0 spiro atoms. The quantitative estimate of drug-likeness (QED) is 0.720. The van der Waals surface area contributed by atoms with E-state index in [9.17, 15) is 9.59 Å². The van der Waals surface area contributed by atoms with Gasteiger partial charge in [0, 0.05) is 28.9 Å². The zero-order chi connectivity index (χ0) is 18.4. The number of amides is 2. The molecule has 0 unspecified atom stereocenters. The Bertz CT molecular complexity index is 929. The number of carbonyl (C=O) groups is 2. The van der Waals surface area contributed by atoms with Crippen LogP contribution in [0.2, 0.25) is 5.02 Å². The van der Waals surface area contributed by atoms with E-state index in [1.165, 1.54) is 12.3 Å². The van der Waals surface area contributed by atoms with Crippen LogP contribution in [0.3, 0.4) is 0 Å². The Morgan fingerprint density at radius 3 is 2.38 bits per heavy atom. The smallest absolute Gasteiger partial charge is 0.256 e. The fourth-order valence-corrected chi connectivity index (χ4v) is 2.54. The molecule has 26 heavy (non-hydrogen) atoms. The highest BCUT2D eigenvalue weighted by molar-refractivity contribution is 6.31. The van der Waals surface area contributed by atoms with Gasteiger partial charge in [0.25, 0.3) is 11.8 Å². The van der Waals surface area contributed by atoms with Gasteiger partial charge in [-0.15, -0.1) is 0 Å². The third-order valence-electron chi connectivity index (χ3n) is 3.70. The number of anilines is 1. The summed E-state index contributed by atoms with van der Waals surface area (Å²) in [4.78, 5) is 28.6. The number of pyridine rings is 1. The van der Waals surface area contributed by atoms with Crippen molar-refractivity contribution in [3.63, 3.8) is 0 Å². The van der Waals surface area contributed by atoms with E-state index in [1.807, 2.05) is 24.3 Å². The molecule has 0 aliphatic carbocycles. The molecule has 1 aromatic heterocycles. The van der Waals surface area contributed by atoms with Crippen molar-refractivity contribution >= 4 is 29.2 Å². The summed E-state index contributed by atoms with van der Waals surface area (Å²) in [6.45, 7) is 0.312. The second-order valence-electron chi connectivity index (χ2n) is 5.52. The summed E-state index contributed by atoms with van der Waals surface area (Å²) in [6, 6.07) is 19.2. The molecular weight excluding hydrogens is 350 g/mol. The van der Waals surface area contributed by atoms with E-state index in [-0.39, 0.29) is 11.8 Å². The second-order valence-corrected chi connectivity index (χ2v) is 5.93. The molecule has 2 aromatic carbocycles. The minimum atomic E-state index is -0.285. The molecule has 0 saturated carbocycles. The van der Waals surface area contributed by atoms with E-state index in [4.69, 9.17) is 11.6 Å². The lowest BCUT2D eigenvalue weighted by molar-refractivity contribution is 0.0949. The maximum absolute atomic E-state index is 12.3. The first kappa shape index (κ1) is 17.6. The van der Waals surface area contributed by atoms with Crippen LogP contribution in [0, 0.1) is 0 Å². The van der Waals surface area contributed by atoms with E-state index < -0.39 is 0 Å². The fraction of sp³-hybridized carbons (Fsp3) is 0.0500. The molecule has 0 aliphatic rings. The number of aromatic nitrogens is 1. The second kappa shape index (κ2) is 8.27. The highest BCUT2D eigenvalue weighted by Crippen LogP contribution is 2.15. The van der Waals surface area contributed by atoms with Crippen molar-refractivity contribution in [3.8, 4) is 0 Å². The first-order chi connectivity index (χ1) is 12.6. The molecule has 0 saturated heterocycles. The molecule has 6 heteroatoms. The first-order valence-corrected chi connectivity index (χ1v) is 8.35. The monoisotopic (exact) mass is 365 g/mol. The molecule has 3 aromatic rings. The Kier molecular flexibility index (Phi) is 5.61. The van der Waals surface area contributed by atoms with Crippen LogP contribution in [0.4, 0.5) is 5.82 Å². The zero-order valence-electron chi connectivity index (χ0n) is 13.8. The molecule has 0 fully saturated rings. The van der Waals surface area contributed by atoms with Gasteiger partial charge in [-0.1, -0.05) is 48.0 Å². The summed E-state index contributed by atoms with van der Waals surface area (Å²) >= 11 is 6.09. The molecule has 0 atom stereocenters. The molecule has 0 radical (unpaired) electrons. The number of hydrogen-bond acceptors (Lipinski definition) is 3. The minimum absolute atomic E-state index is 0.275. The number of carbonyl (C=O) groups excluding carboxylic acids is 2. The number of nitrogens with zero attached hydrogens (tertiary/aromatic N) is 1. The van der Waals surface area contributed by atoms with Crippen LogP contribution in [0.1, 0.15) is 26.3 Å². The largest absolute Gasteiger partial charge is 0.348 e. The van der Waals surface area contributed by atoms with Gasteiger partial charge in [0.2, 0.25) is 0 Å². The minimum Gasteiger partial charge on any atom is -0.348 e. The van der Waals surface area contributed by atoms with Crippen LogP contribution in [0.15, 0.2) is 72.9 Å². The number of nitrogens with one attached hydrogen (secondary N) is 2. The molecule has 0 aliphatic heterocycles. The predicted octanol–water partition coefficient (Wildman–Crippen LogP) is 3.92. The van der Waals surface area contributed by atoms with Crippen molar-refractivity contribution < 1.29 is 9.59 Å². The lowest BCUT2D eigenvalue weighted by atomic mass is 10.2. The molecular formula is C20H16ClN3O2. The third-order valence-corrected chi connectivity index (χ3v) is 4.07. The van der Waals surface area contributed by atoms with Gasteiger partial charge in [-0.3, -0.25) is 9.59 Å². The SMILES string of the molecule is O=C(NCc1ccccc1Cl)c1ccnc(NC(=O)c2ccccc2)c1. The number of hydrogen-bond donors (Lipinski definition) is 2. The average molecular weight is 366 g/mol. The van der Waals surface area contributed by atoms with Gasteiger partial charge in [0.1, 0.15) is 5.82 Å². The van der Waals surface area contributed by atoms with Crippen LogP contribution >= 0.6 is 11.6 Å². The lowest BCUT2D eigenvalue weighted by Crippen LogP contribution is -2.23. The number of benzene rings is 2. The molecule has 3 rings (SSSR count). The molecule has 130 valence electrons. The van der Waals surface area contributed by atoms with Gasteiger partial charge in [-0.05, 0) is 35.9 Å². The molecule has 2 amide bonds. The third kappa shape index (κ3) is 4.46. The number of rotatable bonds is 5. The van der Waals surface area contributed by atoms with Gasteiger partial charge in [-0.2, -0.15) is 0 Å². The van der Waals surface area contributed by atoms with Crippen molar-refractivity contribution in [2.24, 2.45) is 0 Å². The van der Waals surface area contributed by atoms with E-state index in [2.05, 4.69) is 15.6 Å². The van der Waals surface area contributed by atoms with Gasteiger partial charge in [0.05, 0.1) is 0 Å². The van der Waals surface area contributed by atoms with Crippen LogP contribution in [0.25, 0.3) is 0 Å². The first-order valence-electron chi connectivity index (χ1n) is 7.97. The predicted molar refractivity (Wildman–Crippen MR) is 101 cm³/mol. The van der Waals surface area contributed by atoms with Crippen molar-refractivity contribution in [1.29, 1.82) is 0 Å². The topological polar surface area (TPSA) is 71.1 Å². The molecule has 0 bridgehead atoms. The summed E-state index contributed by atoms with van der Waals surface area (Å²) in [5.41, 5.74) is 1.74. The average Bonchev–Trinajstić information content (AvgIpc) is 2.68. The highest BCUT2D eigenvalue weighted by Gasteiger charge is 2.10. The van der Waals surface area contributed by atoms with Crippen molar-refractivity contribution in [2.75, 3.05) is 5.32 Å². The Labute approximate surface area is 156 Å². The van der Waals surface area contributed by atoms with Crippen LogP contribution in [-0.2, 0) is 6.54 Å². The Morgan fingerprint density at radius 1 is 0.885 bits per heavy atom. The van der Waals surface area contributed by atoms with Crippen molar-refractivity contribution in [3.05, 3.63) is 94.6 Å². The Morgan fingerprint density at radius 2 is 1.62 bits per heavy atom. The van der Waals surface area contributed by atoms with Crippen molar-refractivity contribution in [1.82, 2.24) is 10.3 Å². The van der Waals surface area contributed by atoms with Crippen molar-refractivity contribution in [2.45, 2.75) is 6.54 Å². The lowest BCUT2D eigenvalue weighted by Gasteiger charge is -2.09. The maximum Gasteiger partial charge on any atom is 0.256 e. The fourth-order valence-electron chi connectivity index (χ4n) is 2.34. The van der Waals surface area contributed by atoms with Crippen LogP contribution in [0.5, 0.6) is 0 Å². The summed E-state index contributed by atoms with van der Waals surface area (Å²) in [7, 11) is 0. The molecule has 5 nitrogen and oxygen atoms in total. The maximum atomic E-state index is 12.3. The summed E-state index contributed by atoms with van der Waals surface area (Å²) < 4.78 is 0. The normalized spacial score (nSPS) is 10.2. The van der Waals surface area contributed by atoms with E-state index >= 15 is 0 Å².